The highest BCUT2D eigenvalue weighted by molar-refractivity contribution is 6.05. The molecule has 0 aromatic heterocycles. The molecule has 0 saturated carbocycles. The molecule has 56 heavy (non-hydrogen) atoms. The highest BCUT2D eigenvalue weighted by Gasteiger charge is 2.17. The normalized spacial score (nSPS) is 11.1. The number of fused-ring (bicyclic) bond motifs is 1. The van der Waals surface area contributed by atoms with E-state index in [1.54, 1.807) is 0 Å². The first-order chi connectivity index (χ1) is 27.5. The Morgan fingerprint density at radius 3 is 1.38 bits per heavy atom. The molecule has 0 N–H and O–H groups in total. The standard InChI is InChI=1S/C55H45N/c1-40-21-29-46(30-22-40)54(47-31-23-41(2)24-32-47)39-48-33-38-55(53-19-11-10-18-52(48)53)56(49-34-25-42(3)26-35-49)50-36-27-43(28-37-50)13-12-20-51(44-14-6-4-7-15-44)45-16-8-5-9-17-45/h4-39H,1-3H3/b13-12+. The van der Waals surface area contributed by atoms with Gasteiger partial charge in [-0.2, -0.15) is 0 Å². The lowest BCUT2D eigenvalue weighted by molar-refractivity contribution is 1.29. The van der Waals surface area contributed by atoms with Crippen LogP contribution in [-0.2, 0) is 0 Å². The molecule has 0 fully saturated rings. The first-order valence-corrected chi connectivity index (χ1v) is 19.3. The van der Waals surface area contributed by atoms with Crippen molar-refractivity contribution in [2.45, 2.75) is 20.8 Å². The average Bonchev–Trinajstić information content (AvgIpc) is 3.25. The summed E-state index contributed by atoms with van der Waals surface area (Å²) in [6, 6.07) is 69.9. The van der Waals surface area contributed by atoms with Crippen LogP contribution < -0.4 is 4.90 Å². The van der Waals surface area contributed by atoms with Gasteiger partial charge in [-0.25, -0.2) is 0 Å². The lowest BCUT2D eigenvalue weighted by Crippen LogP contribution is -2.10. The lowest BCUT2D eigenvalue weighted by Gasteiger charge is -2.27. The molecular weight excluding hydrogens is 675 g/mol. The maximum absolute atomic E-state index is 2.38. The third kappa shape index (κ3) is 8.09. The third-order valence-corrected chi connectivity index (χ3v) is 10.4. The Bertz CT molecular complexity index is 2560. The van der Waals surface area contributed by atoms with Crippen molar-refractivity contribution < 1.29 is 0 Å². The summed E-state index contributed by atoms with van der Waals surface area (Å²) in [5.41, 5.74) is 16.6. The molecule has 1 heteroatoms. The Morgan fingerprint density at radius 1 is 0.393 bits per heavy atom. The van der Waals surface area contributed by atoms with Crippen molar-refractivity contribution in [2.24, 2.45) is 0 Å². The number of hydrogen-bond acceptors (Lipinski definition) is 1. The number of nitrogens with zero attached hydrogens (tertiary/aromatic N) is 1. The Balaban J connectivity index is 1.19. The zero-order chi connectivity index (χ0) is 38.3. The molecular formula is C55H45N. The van der Waals surface area contributed by atoms with Gasteiger partial charge in [-0.15, -0.1) is 0 Å². The molecule has 8 rings (SSSR count). The fourth-order valence-corrected chi connectivity index (χ4v) is 7.29. The maximum atomic E-state index is 2.38. The summed E-state index contributed by atoms with van der Waals surface area (Å²) in [7, 11) is 0. The largest absolute Gasteiger partial charge is 0.310 e. The molecule has 0 atom stereocenters. The molecule has 0 radical (unpaired) electrons. The van der Waals surface area contributed by atoms with Crippen LogP contribution in [0.15, 0.2) is 206 Å². The number of allylic oxidation sites excluding steroid dienone is 2. The van der Waals surface area contributed by atoms with Crippen molar-refractivity contribution in [3.63, 3.8) is 0 Å². The zero-order valence-electron chi connectivity index (χ0n) is 32.2. The molecule has 0 bridgehead atoms. The van der Waals surface area contributed by atoms with Gasteiger partial charge in [0.25, 0.3) is 0 Å². The van der Waals surface area contributed by atoms with Gasteiger partial charge in [0.2, 0.25) is 0 Å². The van der Waals surface area contributed by atoms with Gasteiger partial charge >= 0.3 is 0 Å². The van der Waals surface area contributed by atoms with E-state index in [2.05, 4.69) is 244 Å². The first-order valence-electron chi connectivity index (χ1n) is 19.3. The fraction of sp³-hybridized carbons (Fsp3) is 0.0545. The quantitative estimate of drug-likeness (QED) is 0.100. The molecule has 0 unspecified atom stereocenters. The van der Waals surface area contributed by atoms with Crippen LogP contribution in [0.5, 0.6) is 0 Å². The molecule has 0 amide bonds. The Labute approximate surface area is 331 Å². The molecule has 0 saturated heterocycles. The molecule has 8 aromatic rings. The molecule has 0 aliphatic heterocycles. The van der Waals surface area contributed by atoms with Gasteiger partial charge in [-0.05, 0) is 107 Å². The van der Waals surface area contributed by atoms with Crippen LogP contribution in [0.4, 0.5) is 17.1 Å². The summed E-state index contributed by atoms with van der Waals surface area (Å²) < 4.78 is 0. The Kier molecular flexibility index (Phi) is 10.7. The summed E-state index contributed by atoms with van der Waals surface area (Å²) in [4.78, 5) is 2.38. The predicted octanol–water partition coefficient (Wildman–Crippen LogP) is 15.0. The average molecular weight is 720 g/mol. The minimum absolute atomic E-state index is 1.10. The van der Waals surface area contributed by atoms with E-state index < -0.39 is 0 Å². The highest BCUT2D eigenvalue weighted by Crippen LogP contribution is 2.41. The Morgan fingerprint density at radius 2 is 0.839 bits per heavy atom. The minimum atomic E-state index is 1.10. The van der Waals surface area contributed by atoms with E-state index in [1.165, 1.54) is 66.4 Å². The van der Waals surface area contributed by atoms with E-state index in [0.29, 0.717) is 0 Å². The SMILES string of the molecule is Cc1ccc(C(=Cc2ccc(N(c3ccc(C)cc3)c3ccc(/C=C/C=C(c4ccccc4)c4ccccc4)cc3)c3ccccc23)c2ccc(C)cc2)cc1. The second-order valence-corrected chi connectivity index (χ2v) is 14.4. The van der Waals surface area contributed by atoms with Crippen LogP contribution in [0.3, 0.4) is 0 Å². The van der Waals surface area contributed by atoms with Crippen LogP contribution in [0, 0.1) is 20.8 Å². The number of hydrogen-bond donors (Lipinski definition) is 0. The van der Waals surface area contributed by atoms with Crippen molar-refractivity contribution in [1.82, 2.24) is 0 Å². The van der Waals surface area contributed by atoms with Gasteiger partial charge in [-0.3, -0.25) is 0 Å². The molecule has 8 aromatic carbocycles. The van der Waals surface area contributed by atoms with Crippen LogP contribution in [0.25, 0.3) is 34.1 Å². The maximum Gasteiger partial charge on any atom is 0.0540 e. The van der Waals surface area contributed by atoms with Gasteiger partial charge < -0.3 is 4.90 Å². The van der Waals surface area contributed by atoms with Gasteiger partial charge in [-0.1, -0.05) is 199 Å². The smallest absolute Gasteiger partial charge is 0.0540 e. The Hall–Kier alpha value is -6.96. The summed E-state index contributed by atoms with van der Waals surface area (Å²) in [6.07, 6.45) is 8.90. The van der Waals surface area contributed by atoms with Crippen LogP contribution in [0.2, 0.25) is 0 Å². The molecule has 0 aliphatic carbocycles. The van der Waals surface area contributed by atoms with Gasteiger partial charge in [0.1, 0.15) is 0 Å². The van der Waals surface area contributed by atoms with Crippen LogP contribution in [-0.4, -0.2) is 0 Å². The summed E-state index contributed by atoms with van der Waals surface area (Å²) in [5.74, 6) is 0. The van der Waals surface area contributed by atoms with Crippen molar-refractivity contribution in [1.29, 1.82) is 0 Å². The number of rotatable bonds is 10. The summed E-state index contributed by atoms with van der Waals surface area (Å²) in [6.45, 7) is 6.42. The van der Waals surface area contributed by atoms with Crippen molar-refractivity contribution in [3.8, 4) is 0 Å². The predicted molar refractivity (Wildman–Crippen MR) is 242 cm³/mol. The van der Waals surface area contributed by atoms with E-state index in [0.717, 1.165) is 22.6 Å². The summed E-state index contributed by atoms with van der Waals surface area (Å²) in [5, 5.41) is 2.40. The summed E-state index contributed by atoms with van der Waals surface area (Å²) >= 11 is 0. The first kappa shape index (κ1) is 36.0. The van der Waals surface area contributed by atoms with Gasteiger partial charge in [0.15, 0.2) is 0 Å². The third-order valence-electron chi connectivity index (χ3n) is 10.4. The van der Waals surface area contributed by atoms with E-state index in [-0.39, 0.29) is 0 Å². The van der Waals surface area contributed by atoms with E-state index in [4.69, 9.17) is 0 Å². The second kappa shape index (κ2) is 16.6. The van der Waals surface area contributed by atoms with Gasteiger partial charge in [0, 0.05) is 16.8 Å². The highest BCUT2D eigenvalue weighted by atomic mass is 15.1. The minimum Gasteiger partial charge on any atom is -0.310 e. The topological polar surface area (TPSA) is 3.24 Å². The monoisotopic (exact) mass is 719 g/mol. The van der Waals surface area contributed by atoms with Crippen molar-refractivity contribution >= 4 is 51.1 Å². The lowest BCUT2D eigenvalue weighted by atomic mass is 9.92. The molecule has 0 heterocycles. The molecule has 0 aliphatic rings. The van der Waals surface area contributed by atoms with Crippen LogP contribution >= 0.6 is 0 Å². The second-order valence-electron chi connectivity index (χ2n) is 14.4. The number of aryl methyl sites for hydroxylation is 3. The fourth-order valence-electron chi connectivity index (χ4n) is 7.29. The number of anilines is 3. The van der Waals surface area contributed by atoms with Crippen LogP contribution in [0.1, 0.15) is 50.1 Å². The number of benzene rings is 8. The van der Waals surface area contributed by atoms with Crippen molar-refractivity contribution in [2.75, 3.05) is 4.90 Å². The van der Waals surface area contributed by atoms with E-state index in [9.17, 15) is 0 Å². The molecule has 1 nitrogen and oxygen atoms in total. The molecule has 0 spiro atoms. The van der Waals surface area contributed by atoms with Gasteiger partial charge in [0.05, 0.1) is 5.69 Å². The zero-order valence-corrected chi connectivity index (χ0v) is 32.2. The van der Waals surface area contributed by atoms with Crippen molar-refractivity contribution in [3.05, 3.63) is 256 Å². The molecule has 270 valence electrons. The van der Waals surface area contributed by atoms with E-state index >= 15 is 0 Å². The van der Waals surface area contributed by atoms with E-state index in [1.807, 2.05) is 0 Å².